The molecular formula is C25H38O2. The topological polar surface area (TPSA) is 40.5 Å². The lowest BCUT2D eigenvalue weighted by Crippen LogP contribution is -2.53. The molecule has 2 heteroatoms. The van der Waals surface area contributed by atoms with Gasteiger partial charge in [0.2, 0.25) is 0 Å². The quantitative estimate of drug-likeness (QED) is 0.536. The molecule has 0 amide bonds. The first kappa shape index (κ1) is 19.5. The molecule has 2 nitrogen and oxygen atoms in total. The number of aliphatic hydroxyl groups excluding tert-OH is 1. The number of hydrogen-bond acceptors (Lipinski definition) is 2. The van der Waals surface area contributed by atoms with Crippen LogP contribution in [0.3, 0.4) is 0 Å². The molecule has 0 aromatic rings. The minimum atomic E-state index is -0.642. The zero-order valence-corrected chi connectivity index (χ0v) is 17.5. The Morgan fingerprint density at radius 3 is 2.70 bits per heavy atom. The Labute approximate surface area is 165 Å². The second-order valence-corrected chi connectivity index (χ2v) is 10.9. The molecule has 0 saturated heterocycles. The Bertz CT molecular complexity index is 656. The van der Waals surface area contributed by atoms with Crippen LogP contribution in [0.4, 0.5) is 0 Å². The maximum absolute atomic E-state index is 11.3. The molecule has 0 radical (unpaired) electrons. The van der Waals surface area contributed by atoms with E-state index in [1.807, 2.05) is 6.92 Å². The molecule has 2 N–H and O–H groups in total. The predicted molar refractivity (Wildman–Crippen MR) is 110 cm³/mol. The Hall–Kier alpha value is -0.780. The van der Waals surface area contributed by atoms with Gasteiger partial charge in [-0.3, -0.25) is 0 Å². The van der Waals surface area contributed by atoms with Gasteiger partial charge in [0, 0.05) is 6.42 Å². The number of rotatable bonds is 3. The van der Waals surface area contributed by atoms with E-state index in [2.05, 4.69) is 25.8 Å². The molecule has 4 aliphatic rings. The molecule has 0 heterocycles. The van der Waals surface area contributed by atoms with E-state index in [1.165, 1.54) is 25.7 Å². The van der Waals surface area contributed by atoms with Crippen LogP contribution in [0.25, 0.3) is 0 Å². The van der Waals surface area contributed by atoms with Crippen LogP contribution < -0.4 is 0 Å². The first-order chi connectivity index (χ1) is 12.7. The minimum Gasteiger partial charge on any atom is -0.393 e. The van der Waals surface area contributed by atoms with E-state index in [9.17, 15) is 10.2 Å². The summed E-state index contributed by atoms with van der Waals surface area (Å²) in [4.78, 5) is 0. The van der Waals surface area contributed by atoms with Crippen molar-refractivity contribution in [3.63, 3.8) is 0 Å². The first-order valence-electron chi connectivity index (χ1n) is 11.3. The van der Waals surface area contributed by atoms with Gasteiger partial charge in [-0.1, -0.05) is 25.5 Å². The average Bonchev–Trinajstić information content (AvgIpc) is 2.99. The van der Waals surface area contributed by atoms with Crippen molar-refractivity contribution in [1.29, 1.82) is 0 Å². The fourth-order valence-corrected chi connectivity index (χ4v) is 8.16. The third-order valence-electron chi connectivity index (χ3n) is 9.60. The van der Waals surface area contributed by atoms with E-state index in [0.29, 0.717) is 17.8 Å². The number of terminal acetylenes is 1. The molecule has 0 aromatic heterocycles. The highest BCUT2D eigenvalue weighted by Gasteiger charge is 2.61. The van der Waals surface area contributed by atoms with Crippen molar-refractivity contribution in [2.75, 3.05) is 0 Å². The molecule has 0 aliphatic heterocycles. The van der Waals surface area contributed by atoms with Gasteiger partial charge in [-0.25, -0.2) is 0 Å². The lowest BCUT2D eigenvalue weighted by Gasteiger charge is -2.59. The number of hydrogen-bond donors (Lipinski definition) is 2. The van der Waals surface area contributed by atoms with Crippen LogP contribution in [-0.4, -0.2) is 21.9 Å². The highest BCUT2D eigenvalue weighted by molar-refractivity contribution is 5.25. The van der Waals surface area contributed by atoms with Crippen LogP contribution in [0, 0.1) is 46.8 Å². The van der Waals surface area contributed by atoms with Crippen molar-refractivity contribution in [2.45, 2.75) is 96.7 Å². The number of aliphatic hydroxyl groups is 2. The average molecular weight is 371 g/mol. The van der Waals surface area contributed by atoms with Crippen LogP contribution in [0.15, 0.2) is 11.6 Å². The summed E-state index contributed by atoms with van der Waals surface area (Å²) in [6.07, 6.45) is 18.4. The summed E-state index contributed by atoms with van der Waals surface area (Å²) in [7, 11) is 0. The van der Waals surface area contributed by atoms with Gasteiger partial charge >= 0.3 is 0 Å². The zero-order valence-electron chi connectivity index (χ0n) is 17.5. The molecule has 4 rings (SSSR count). The van der Waals surface area contributed by atoms with E-state index in [0.717, 1.165) is 49.9 Å². The summed E-state index contributed by atoms with van der Waals surface area (Å²) >= 11 is 0. The van der Waals surface area contributed by atoms with Crippen molar-refractivity contribution >= 4 is 0 Å². The normalized spacial score (nSPS) is 48.4. The van der Waals surface area contributed by atoms with E-state index in [1.54, 1.807) is 5.57 Å². The van der Waals surface area contributed by atoms with Crippen molar-refractivity contribution in [2.24, 2.45) is 34.5 Å². The van der Waals surface area contributed by atoms with Gasteiger partial charge in [-0.15, -0.1) is 12.3 Å². The van der Waals surface area contributed by atoms with Gasteiger partial charge in [-0.2, -0.15) is 0 Å². The third kappa shape index (κ3) is 2.92. The molecule has 3 fully saturated rings. The Balaban J connectivity index is 1.60. The predicted octanol–water partition coefficient (Wildman–Crippen LogP) is 5.09. The Kier molecular flexibility index (Phi) is 4.80. The molecule has 27 heavy (non-hydrogen) atoms. The number of fused-ring (bicyclic) bond motifs is 5. The highest BCUT2D eigenvalue weighted by atomic mass is 16.3. The fraction of sp³-hybridized carbons (Fsp3) is 0.840. The second kappa shape index (κ2) is 6.64. The standard InChI is InChI=1S/C25H38O2/c1-5-6-13-25(4,27)22-10-9-20-19-8-7-17-16-18(26)11-14-23(17,2)21(19)12-15-24(20,22)3/h1,7,18-22,26-27H,6,8-16H2,2-4H3/t18-,19-,20-,21+,22-,23-,24-,25-/m0/s1. The Morgan fingerprint density at radius 1 is 1.19 bits per heavy atom. The summed E-state index contributed by atoms with van der Waals surface area (Å²) in [5.74, 6) is 5.33. The van der Waals surface area contributed by atoms with Gasteiger partial charge in [0.05, 0.1) is 11.7 Å². The van der Waals surface area contributed by atoms with E-state index in [-0.39, 0.29) is 11.5 Å². The smallest absolute Gasteiger partial charge is 0.0662 e. The molecule has 3 saturated carbocycles. The molecule has 0 bridgehead atoms. The maximum atomic E-state index is 11.3. The van der Waals surface area contributed by atoms with Gasteiger partial charge in [0.1, 0.15) is 0 Å². The largest absolute Gasteiger partial charge is 0.393 e. The van der Waals surface area contributed by atoms with Crippen LogP contribution >= 0.6 is 0 Å². The second-order valence-electron chi connectivity index (χ2n) is 10.9. The van der Waals surface area contributed by atoms with Crippen molar-refractivity contribution < 1.29 is 10.2 Å². The van der Waals surface area contributed by atoms with Gasteiger partial charge in [0.15, 0.2) is 0 Å². The van der Waals surface area contributed by atoms with Crippen LogP contribution in [0.2, 0.25) is 0 Å². The van der Waals surface area contributed by atoms with Crippen LogP contribution in [-0.2, 0) is 0 Å². The summed E-state index contributed by atoms with van der Waals surface area (Å²) in [5, 5.41) is 21.4. The first-order valence-corrected chi connectivity index (χ1v) is 11.3. The van der Waals surface area contributed by atoms with Crippen LogP contribution in [0.5, 0.6) is 0 Å². The van der Waals surface area contributed by atoms with Crippen molar-refractivity contribution in [3.8, 4) is 12.3 Å². The lowest BCUT2D eigenvalue weighted by molar-refractivity contribution is -0.104. The molecule has 0 unspecified atom stereocenters. The highest BCUT2D eigenvalue weighted by Crippen LogP contribution is 2.67. The molecule has 4 aliphatic carbocycles. The minimum absolute atomic E-state index is 0.128. The van der Waals surface area contributed by atoms with E-state index in [4.69, 9.17) is 6.42 Å². The SMILES string of the molecule is C#CCC[C@](C)(O)[C@H]1CC[C@H]2[C@@H]3CC=C4C[C@@H](O)CC[C@]4(C)[C@@H]3CC[C@@]21C. The fourth-order valence-electron chi connectivity index (χ4n) is 8.16. The van der Waals surface area contributed by atoms with Crippen molar-refractivity contribution in [1.82, 2.24) is 0 Å². The molecule has 0 spiro atoms. The molecule has 8 atom stereocenters. The Morgan fingerprint density at radius 2 is 1.96 bits per heavy atom. The van der Waals surface area contributed by atoms with Crippen molar-refractivity contribution in [3.05, 3.63) is 11.6 Å². The van der Waals surface area contributed by atoms with E-state index >= 15 is 0 Å². The summed E-state index contributed by atoms with van der Waals surface area (Å²) in [5.41, 5.74) is 1.45. The van der Waals surface area contributed by atoms with E-state index < -0.39 is 5.60 Å². The number of allylic oxidation sites excluding steroid dienone is 1. The molecular weight excluding hydrogens is 332 g/mol. The third-order valence-corrected chi connectivity index (χ3v) is 9.60. The maximum Gasteiger partial charge on any atom is 0.0662 e. The van der Waals surface area contributed by atoms with Gasteiger partial charge < -0.3 is 10.2 Å². The van der Waals surface area contributed by atoms with Crippen LogP contribution in [0.1, 0.15) is 85.0 Å². The molecule has 150 valence electrons. The summed E-state index contributed by atoms with van der Waals surface area (Å²) < 4.78 is 0. The summed E-state index contributed by atoms with van der Waals surface area (Å²) in [6, 6.07) is 0. The van der Waals surface area contributed by atoms with Gasteiger partial charge in [0.25, 0.3) is 0 Å². The summed E-state index contributed by atoms with van der Waals surface area (Å²) in [6.45, 7) is 7.00. The van der Waals surface area contributed by atoms with Gasteiger partial charge in [-0.05, 0) is 99.2 Å². The lowest BCUT2D eigenvalue weighted by atomic mass is 9.46. The zero-order chi connectivity index (χ0) is 19.4. The molecule has 0 aromatic carbocycles. The monoisotopic (exact) mass is 370 g/mol.